The van der Waals surface area contributed by atoms with Gasteiger partial charge in [-0.1, -0.05) is 0 Å². The Kier molecular flexibility index (Phi) is 5.91. The molecular formula is C26H17F12O2P. The summed E-state index contributed by atoms with van der Waals surface area (Å²) in [7, 11) is -6.96. The molecule has 2 aliphatic rings. The van der Waals surface area contributed by atoms with E-state index in [0.29, 0.717) is 24.3 Å². The van der Waals surface area contributed by atoms with Crippen molar-refractivity contribution in [3.05, 3.63) is 89.0 Å². The molecule has 0 saturated heterocycles. The molecule has 2 heterocycles. The second-order valence-electron chi connectivity index (χ2n) is 9.77. The molecule has 222 valence electrons. The molecule has 0 fully saturated rings. The summed E-state index contributed by atoms with van der Waals surface area (Å²) in [6.07, 6.45) is -25.7. The van der Waals surface area contributed by atoms with Gasteiger partial charge in [-0.05, 0) is 0 Å². The first-order valence-electron chi connectivity index (χ1n) is 11.6. The van der Waals surface area contributed by atoms with Crippen LogP contribution in [0.3, 0.4) is 0 Å². The zero-order valence-corrected chi connectivity index (χ0v) is 21.5. The van der Waals surface area contributed by atoms with Gasteiger partial charge >= 0.3 is 223 Å². The van der Waals surface area contributed by atoms with Crippen LogP contribution in [0.15, 0.2) is 66.7 Å². The summed E-state index contributed by atoms with van der Waals surface area (Å²) in [5, 5.41) is -3.16. The third-order valence-electron chi connectivity index (χ3n) is 7.51. The molecule has 2 nitrogen and oxygen atoms in total. The Hall–Kier alpha value is -2.83. The minimum atomic E-state index is -6.96. The molecule has 15 heteroatoms. The van der Waals surface area contributed by atoms with Crippen LogP contribution in [-0.4, -0.2) is 24.7 Å². The number of hydrogen-bond donors (Lipinski definition) is 0. The van der Waals surface area contributed by atoms with E-state index >= 15 is 0 Å². The first-order chi connectivity index (χ1) is 18.6. The van der Waals surface area contributed by atoms with Gasteiger partial charge in [0.15, 0.2) is 0 Å². The molecule has 0 bridgehead atoms. The fourth-order valence-corrected chi connectivity index (χ4v) is 12.6. The van der Waals surface area contributed by atoms with E-state index in [1.54, 1.807) is 0 Å². The second-order valence-corrected chi connectivity index (χ2v) is 13.5. The van der Waals surface area contributed by atoms with Crippen LogP contribution in [0.25, 0.3) is 0 Å². The standard InChI is InChI=1S/C26H17F12O2P/c1-14-8-7-9-15(2)20(14)41(18-12-5-3-10-16(18)21(39-41,23(27,28)29)24(30,31)32)19-13-6-4-11-17(19)22(40-41,25(33,34)35)26(36,37)38/h3-13H,1-2H3. The predicted octanol–water partition coefficient (Wildman–Crippen LogP) is 7.66. The maximum absolute atomic E-state index is 14.8. The molecule has 0 amide bonds. The van der Waals surface area contributed by atoms with E-state index in [9.17, 15) is 52.7 Å². The van der Waals surface area contributed by atoms with E-state index in [1.165, 1.54) is 6.07 Å². The summed E-state index contributed by atoms with van der Waals surface area (Å²) in [5.41, 5.74) is -14.6. The molecule has 0 atom stereocenters. The van der Waals surface area contributed by atoms with Crippen molar-refractivity contribution >= 4 is 23.0 Å². The summed E-state index contributed by atoms with van der Waals surface area (Å²) in [6, 6.07) is 8.73. The Labute approximate surface area is 224 Å². The molecule has 0 radical (unpaired) electrons. The van der Waals surface area contributed by atoms with Gasteiger partial charge in [-0.15, -0.1) is 0 Å². The molecular weight excluding hydrogens is 603 g/mol. The molecule has 0 aromatic heterocycles. The van der Waals surface area contributed by atoms with Crippen LogP contribution in [0.2, 0.25) is 0 Å². The topological polar surface area (TPSA) is 18.5 Å². The van der Waals surface area contributed by atoms with Crippen LogP contribution in [0.5, 0.6) is 0 Å². The van der Waals surface area contributed by atoms with Gasteiger partial charge in [-0.2, -0.15) is 0 Å². The molecule has 3 aromatic carbocycles. The van der Waals surface area contributed by atoms with Crippen LogP contribution in [0, 0.1) is 13.8 Å². The number of halogens is 12. The van der Waals surface area contributed by atoms with Crippen molar-refractivity contribution in [2.75, 3.05) is 0 Å². The van der Waals surface area contributed by atoms with Crippen LogP contribution in [-0.2, 0) is 20.2 Å². The SMILES string of the molecule is Cc1cccc(C)c1P12(OC(C(F)(F)F)(C(F)(F)F)c3ccccc31)OC(C(F)(F)F)(C(F)(F)F)c1ccccc12. The van der Waals surface area contributed by atoms with Gasteiger partial charge in [0.1, 0.15) is 0 Å². The molecule has 0 aliphatic carbocycles. The van der Waals surface area contributed by atoms with E-state index in [4.69, 9.17) is 9.05 Å². The van der Waals surface area contributed by atoms with E-state index in [2.05, 4.69) is 0 Å². The van der Waals surface area contributed by atoms with Gasteiger partial charge in [-0.3, -0.25) is 0 Å². The summed E-state index contributed by atoms with van der Waals surface area (Å²) >= 11 is 0. The molecule has 0 unspecified atom stereocenters. The third-order valence-corrected chi connectivity index (χ3v) is 12.8. The van der Waals surface area contributed by atoms with Crippen molar-refractivity contribution < 1.29 is 61.7 Å². The van der Waals surface area contributed by atoms with Crippen molar-refractivity contribution in [2.24, 2.45) is 0 Å². The van der Waals surface area contributed by atoms with Crippen molar-refractivity contribution in [1.29, 1.82) is 0 Å². The quantitative estimate of drug-likeness (QED) is 0.206. The summed E-state index contributed by atoms with van der Waals surface area (Å²) < 4.78 is 188. The van der Waals surface area contributed by atoms with Crippen molar-refractivity contribution in [3.8, 4) is 0 Å². The Bertz CT molecular complexity index is 1410. The fraction of sp³-hybridized carbons (Fsp3) is 0.308. The molecule has 1 spiro atoms. The Morgan fingerprint density at radius 2 is 0.805 bits per heavy atom. The molecule has 0 saturated carbocycles. The summed E-state index contributed by atoms with van der Waals surface area (Å²) in [5.74, 6) is 0. The number of benzene rings is 3. The maximum atomic E-state index is 14.8. The van der Waals surface area contributed by atoms with E-state index in [0.717, 1.165) is 50.2 Å². The van der Waals surface area contributed by atoms with Gasteiger partial charge in [0.05, 0.1) is 0 Å². The third kappa shape index (κ3) is 3.24. The number of alkyl halides is 12. The number of rotatable bonds is 1. The molecule has 2 aliphatic heterocycles. The summed E-state index contributed by atoms with van der Waals surface area (Å²) in [6.45, 7) is 2.26. The minimum absolute atomic E-state index is 0.243. The zero-order valence-electron chi connectivity index (χ0n) is 20.7. The van der Waals surface area contributed by atoms with Crippen LogP contribution >= 0.6 is 7.06 Å². The van der Waals surface area contributed by atoms with Crippen LogP contribution in [0.1, 0.15) is 22.3 Å². The van der Waals surface area contributed by atoms with Gasteiger partial charge in [0.2, 0.25) is 0 Å². The normalized spacial score (nSPS) is 21.7. The van der Waals surface area contributed by atoms with Crippen LogP contribution in [0.4, 0.5) is 52.7 Å². The van der Waals surface area contributed by atoms with Crippen molar-refractivity contribution in [1.82, 2.24) is 0 Å². The molecule has 0 N–H and O–H groups in total. The summed E-state index contributed by atoms with van der Waals surface area (Å²) in [4.78, 5) is 0. The number of fused-ring (bicyclic) bond motifs is 4. The number of hydrogen-bond acceptors (Lipinski definition) is 2. The molecule has 5 rings (SSSR count). The van der Waals surface area contributed by atoms with Gasteiger partial charge in [-0.25, -0.2) is 0 Å². The first-order valence-corrected chi connectivity index (χ1v) is 13.7. The van der Waals surface area contributed by atoms with E-state index in [-0.39, 0.29) is 11.1 Å². The monoisotopic (exact) mass is 620 g/mol. The Morgan fingerprint density at radius 1 is 0.488 bits per heavy atom. The average Bonchev–Trinajstić information content (AvgIpc) is 3.28. The van der Waals surface area contributed by atoms with Gasteiger partial charge < -0.3 is 0 Å². The Balaban J connectivity index is 2.17. The Morgan fingerprint density at radius 3 is 1.12 bits per heavy atom. The fourth-order valence-electron chi connectivity index (χ4n) is 6.13. The zero-order chi connectivity index (χ0) is 30.7. The predicted molar refractivity (Wildman–Crippen MR) is 124 cm³/mol. The second kappa shape index (κ2) is 8.17. The van der Waals surface area contributed by atoms with Crippen molar-refractivity contribution in [2.45, 2.75) is 49.8 Å². The average molecular weight is 620 g/mol. The van der Waals surface area contributed by atoms with Crippen molar-refractivity contribution in [3.63, 3.8) is 0 Å². The van der Waals surface area contributed by atoms with E-state index < -0.39 is 70.0 Å². The molecule has 3 aromatic rings. The molecule has 41 heavy (non-hydrogen) atoms. The number of aryl methyl sites for hydroxylation is 2. The first kappa shape index (κ1) is 29.7. The van der Waals surface area contributed by atoms with E-state index in [1.807, 2.05) is 0 Å². The van der Waals surface area contributed by atoms with Crippen LogP contribution < -0.4 is 15.9 Å². The van der Waals surface area contributed by atoms with Gasteiger partial charge in [0, 0.05) is 0 Å². The van der Waals surface area contributed by atoms with Gasteiger partial charge in [0.25, 0.3) is 0 Å².